The monoisotopic (exact) mass is 266 g/mol. The van der Waals surface area contributed by atoms with Gasteiger partial charge in [0.15, 0.2) is 0 Å². The number of hydrogen-bond donors (Lipinski definition) is 0. The minimum Gasteiger partial charge on any atom is -0.0888 e. The Morgan fingerprint density at radius 2 is 2.00 bits per heavy atom. The van der Waals surface area contributed by atoms with E-state index in [1.807, 2.05) is 0 Å². The van der Waals surface area contributed by atoms with Crippen LogP contribution in [0.3, 0.4) is 0 Å². The molecule has 0 bridgehead atoms. The average Bonchev–Trinajstić information content (AvgIpc) is 2.66. The van der Waals surface area contributed by atoms with Gasteiger partial charge in [0.2, 0.25) is 0 Å². The van der Waals surface area contributed by atoms with Crippen molar-refractivity contribution in [1.82, 2.24) is 0 Å². The molecule has 0 amide bonds. The maximum Gasteiger partial charge on any atom is 0.0174 e. The van der Waals surface area contributed by atoms with Gasteiger partial charge in [-0.15, -0.1) is 0 Å². The van der Waals surface area contributed by atoms with E-state index in [0.29, 0.717) is 5.92 Å². The van der Waals surface area contributed by atoms with E-state index in [1.165, 1.54) is 31.2 Å². The number of alkyl halides is 1. The highest BCUT2D eigenvalue weighted by Crippen LogP contribution is 2.37. The Kier molecular flexibility index (Phi) is 3.85. The minimum absolute atomic E-state index is 0.703. The van der Waals surface area contributed by atoms with E-state index in [2.05, 4.69) is 53.2 Å². The fourth-order valence-electron chi connectivity index (χ4n) is 2.63. The van der Waals surface area contributed by atoms with Gasteiger partial charge in [0.1, 0.15) is 0 Å². The molecule has 0 radical (unpaired) electrons. The SMILES string of the molecule is CC(CC1CCCC1Br)c1ccccc1. The zero-order chi connectivity index (χ0) is 10.7. The molecule has 0 aliphatic heterocycles. The molecule has 1 heteroatoms. The molecule has 1 aliphatic carbocycles. The van der Waals surface area contributed by atoms with Gasteiger partial charge in [-0.3, -0.25) is 0 Å². The van der Waals surface area contributed by atoms with Crippen LogP contribution in [0.25, 0.3) is 0 Å². The van der Waals surface area contributed by atoms with Gasteiger partial charge in [-0.1, -0.05) is 59.6 Å². The molecule has 0 N–H and O–H groups in total. The fourth-order valence-corrected chi connectivity index (χ4v) is 3.43. The zero-order valence-electron chi connectivity index (χ0n) is 9.33. The molecule has 0 aromatic heterocycles. The predicted molar refractivity (Wildman–Crippen MR) is 69.5 cm³/mol. The number of rotatable bonds is 3. The second kappa shape index (κ2) is 5.16. The molecule has 1 aromatic rings. The van der Waals surface area contributed by atoms with Gasteiger partial charge >= 0.3 is 0 Å². The van der Waals surface area contributed by atoms with Gasteiger partial charge in [0.25, 0.3) is 0 Å². The van der Waals surface area contributed by atoms with Crippen molar-refractivity contribution in [2.45, 2.75) is 43.4 Å². The highest BCUT2D eigenvalue weighted by molar-refractivity contribution is 9.09. The third kappa shape index (κ3) is 2.84. The first-order valence-electron chi connectivity index (χ1n) is 5.96. The van der Waals surface area contributed by atoms with Gasteiger partial charge in [-0.2, -0.15) is 0 Å². The Hall–Kier alpha value is -0.300. The van der Waals surface area contributed by atoms with Crippen molar-refractivity contribution in [2.75, 3.05) is 0 Å². The first-order chi connectivity index (χ1) is 7.27. The first-order valence-corrected chi connectivity index (χ1v) is 6.88. The summed E-state index contributed by atoms with van der Waals surface area (Å²) in [6.45, 7) is 2.35. The van der Waals surface area contributed by atoms with E-state index < -0.39 is 0 Å². The van der Waals surface area contributed by atoms with E-state index >= 15 is 0 Å². The second-order valence-corrected chi connectivity index (χ2v) is 5.93. The van der Waals surface area contributed by atoms with Crippen LogP contribution in [0.5, 0.6) is 0 Å². The van der Waals surface area contributed by atoms with Crippen molar-refractivity contribution in [2.24, 2.45) is 5.92 Å². The van der Waals surface area contributed by atoms with Crippen molar-refractivity contribution in [3.8, 4) is 0 Å². The third-order valence-corrected chi connectivity index (χ3v) is 4.80. The van der Waals surface area contributed by atoms with Crippen molar-refractivity contribution >= 4 is 15.9 Å². The van der Waals surface area contributed by atoms with Crippen LogP contribution < -0.4 is 0 Å². The Balaban J connectivity index is 1.95. The molecular weight excluding hydrogens is 248 g/mol. The zero-order valence-corrected chi connectivity index (χ0v) is 10.9. The minimum atomic E-state index is 0.703. The molecule has 0 saturated heterocycles. The Labute approximate surface area is 101 Å². The summed E-state index contributed by atoms with van der Waals surface area (Å²) in [5.41, 5.74) is 1.49. The molecule has 0 heterocycles. The van der Waals surface area contributed by atoms with Gasteiger partial charge in [-0.25, -0.2) is 0 Å². The van der Waals surface area contributed by atoms with E-state index in [9.17, 15) is 0 Å². The second-order valence-electron chi connectivity index (χ2n) is 4.75. The molecule has 2 rings (SSSR count). The Morgan fingerprint density at radius 3 is 2.60 bits per heavy atom. The molecular formula is C14H19Br. The van der Waals surface area contributed by atoms with Gasteiger partial charge in [0.05, 0.1) is 0 Å². The van der Waals surface area contributed by atoms with Crippen LogP contribution in [0.1, 0.15) is 44.1 Å². The lowest BCUT2D eigenvalue weighted by Crippen LogP contribution is -2.10. The first kappa shape index (κ1) is 11.2. The molecule has 0 spiro atoms. The summed E-state index contributed by atoms with van der Waals surface area (Å²) in [4.78, 5) is 0.767. The molecule has 82 valence electrons. The summed E-state index contributed by atoms with van der Waals surface area (Å²) >= 11 is 3.81. The van der Waals surface area contributed by atoms with Crippen LogP contribution in [0, 0.1) is 5.92 Å². The van der Waals surface area contributed by atoms with E-state index in [1.54, 1.807) is 0 Å². The molecule has 0 nitrogen and oxygen atoms in total. The summed E-state index contributed by atoms with van der Waals surface area (Å²) in [7, 11) is 0. The number of benzene rings is 1. The van der Waals surface area contributed by atoms with Crippen LogP contribution in [-0.2, 0) is 0 Å². The lowest BCUT2D eigenvalue weighted by atomic mass is 9.89. The summed E-state index contributed by atoms with van der Waals surface area (Å²) in [5, 5.41) is 0. The van der Waals surface area contributed by atoms with Crippen LogP contribution in [0.4, 0.5) is 0 Å². The summed E-state index contributed by atoms with van der Waals surface area (Å²) in [5.74, 6) is 1.59. The quantitative estimate of drug-likeness (QED) is 0.694. The van der Waals surface area contributed by atoms with Crippen molar-refractivity contribution in [3.05, 3.63) is 35.9 Å². The van der Waals surface area contributed by atoms with Crippen LogP contribution in [0.2, 0.25) is 0 Å². The topological polar surface area (TPSA) is 0 Å². The van der Waals surface area contributed by atoms with Gasteiger partial charge < -0.3 is 0 Å². The van der Waals surface area contributed by atoms with E-state index in [0.717, 1.165) is 10.7 Å². The van der Waals surface area contributed by atoms with Crippen molar-refractivity contribution < 1.29 is 0 Å². The van der Waals surface area contributed by atoms with Gasteiger partial charge in [0, 0.05) is 4.83 Å². The molecule has 1 fully saturated rings. The molecule has 3 atom stereocenters. The normalized spacial score (nSPS) is 27.9. The predicted octanol–water partition coefficient (Wildman–Crippen LogP) is 4.74. The van der Waals surface area contributed by atoms with E-state index in [4.69, 9.17) is 0 Å². The highest BCUT2D eigenvalue weighted by atomic mass is 79.9. The lowest BCUT2D eigenvalue weighted by Gasteiger charge is -2.19. The lowest BCUT2D eigenvalue weighted by molar-refractivity contribution is 0.472. The van der Waals surface area contributed by atoms with Gasteiger partial charge in [-0.05, 0) is 36.7 Å². The molecule has 1 saturated carbocycles. The standard InChI is InChI=1S/C14H19Br/c1-11(12-6-3-2-4-7-12)10-13-8-5-9-14(13)15/h2-4,6-7,11,13-14H,5,8-10H2,1H3. The van der Waals surface area contributed by atoms with Crippen LogP contribution >= 0.6 is 15.9 Å². The van der Waals surface area contributed by atoms with Crippen molar-refractivity contribution in [3.63, 3.8) is 0 Å². The summed E-state index contributed by atoms with van der Waals surface area (Å²) in [6.07, 6.45) is 5.52. The number of hydrogen-bond acceptors (Lipinski definition) is 0. The van der Waals surface area contributed by atoms with Crippen molar-refractivity contribution in [1.29, 1.82) is 0 Å². The molecule has 3 unspecified atom stereocenters. The summed E-state index contributed by atoms with van der Waals surface area (Å²) in [6, 6.07) is 10.9. The Bertz CT molecular complexity index is 293. The third-order valence-electron chi connectivity index (χ3n) is 3.59. The maximum absolute atomic E-state index is 3.81. The molecule has 1 aliphatic rings. The Morgan fingerprint density at radius 1 is 1.27 bits per heavy atom. The fraction of sp³-hybridized carbons (Fsp3) is 0.571. The van der Waals surface area contributed by atoms with Crippen LogP contribution in [-0.4, -0.2) is 4.83 Å². The maximum atomic E-state index is 3.81. The van der Waals surface area contributed by atoms with Crippen LogP contribution in [0.15, 0.2) is 30.3 Å². The molecule has 1 aromatic carbocycles. The largest absolute Gasteiger partial charge is 0.0888 e. The highest BCUT2D eigenvalue weighted by Gasteiger charge is 2.26. The smallest absolute Gasteiger partial charge is 0.0174 e. The van der Waals surface area contributed by atoms with E-state index in [-0.39, 0.29) is 0 Å². The number of halogens is 1. The summed E-state index contributed by atoms with van der Waals surface area (Å²) < 4.78 is 0. The average molecular weight is 267 g/mol. The molecule has 15 heavy (non-hydrogen) atoms.